The molecular formula is C26H40Si3. The smallest absolute Gasteiger partial charge is 0.0859 e. The van der Waals surface area contributed by atoms with E-state index in [1.807, 2.05) is 9.64 Å². The number of hydrogen-bond acceptors (Lipinski definition) is 0. The number of aryl methyl sites for hydroxylation is 6. The minimum atomic E-state index is -2.00. The highest BCUT2D eigenvalue weighted by Gasteiger charge is 2.65. The Bertz CT molecular complexity index is 897. The maximum Gasteiger partial charge on any atom is 0.163 e. The van der Waals surface area contributed by atoms with Crippen molar-refractivity contribution in [2.45, 2.75) is 80.8 Å². The molecular weight excluding hydrogens is 397 g/mol. The van der Waals surface area contributed by atoms with Crippen LogP contribution in [0.4, 0.5) is 0 Å². The van der Waals surface area contributed by atoms with Gasteiger partial charge in [-0.3, -0.25) is 0 Å². The minimum Gasteiger partial charge on any atom is -0.0859 e. The Labute approximate surface area is 182 Å². The van der Waals surface area contributed by atoms with Crippen molar-refractivity contribution in [2.75, 3.05) is 0 Å². The fourth-order valence-electron chi connectivity index (χ4n) is 6.32. The molecule has 0 N–H and O–H groups in total. The number of rotatable bonds is 4. The Morgan fingerprint density at radius 1 is 0.483 bits per heavy atom. The molecule has 0 aromatic heterocycles. The number of hydrogen-bond donors (Lipinski definition) is 0. The fraction of sp³-hybridized carbons (Fsp3) is 0.462. The van der Waals surface area contributed by atoms with Gasteiger partial charge in [0.05, 0.1) is 16.1 Å². The van der Waals surface area contributed by atoms with Gasteiger partial charge in [0.15, 0.2) is 8.07 Å². The first-order chi connectivity index (χ1) is 13.1. The van der Waals surface area contributed by atoms with Crippen LogP contribution in [0, 0.1) is 41.5 Å². The average molecular weight is 437 g/mol. The predicted octanol–water partition coefficient (Wildman–Crippen LogP) is 6.24. The van der Waals surface area contributed by atoms with E-state index in [0.717, 1.165) is 0 Å². The van der Waals surface area contributed by atoms with E-state index in [1.54, 1.807) is 10.4 Å². The van der Waals surface area contributed by atoms with E-state index in [9.17, 15) is 0 Å². The highest BCUT2D eigenvalue weighted by molar-refractivity contribution is 7.38. The van der Waals surface area contributed by atoms with Gasteiger partial charge in [-0.15, -0.1) is 0 Å². The van der Waals surface area contributed by atoms with Crippen molar-refractivity contribution in [3.05, 3.63) is 67.3 Å². The van der Waals surface area contributed by atoms with Crippen molar-refractivity contribution >= 4 is 34.6 Å². The van der Waals surface area contributed by atoms with Crippen molar-refractivity contribution in [1.82, 2.24) is 0 Å². The van der Waals surface area contributed by atoms with Gasteiger partial charge < -0.3 is 0 Å². The molecule has 3 rings (SSSR count). The second-order valence-electron chi connectivity index (χ2n) is 11.5. The number of benzene rings is 2. The highest BCUT2D eigenvalue weighted by Crippen LogP contribution is 2.52. The van der Waals surface area contributed by atoms with Crippen LogP contribution in [-0.4, -0.2) is 24.2 Å². The predicted molar refractivity (Wildman–Crippen MR) is 140 cm³/mol. The lowest BCUT2D eigenvalue weighted by molar-refractivity contribution is 1.33. The van der Waals surface area contributed by atoms with Crippen LogP contribution in [0.3, 0.4) is 0 Å². The molecule has 1 aliphatic rings. The molecule has 0 amide bonds. The van der Waals surface area contributed by atoms with E-state index >= 15 is 0 Å². The van der Waals surface area contributed by atoms with Crippen LogP contribution < -0.4 is 10.4 Å². The Hall–Kier alpha value is -1.17. The molecule has 1 aliphatic heterocycles. The van der Waals surface area contributed by atoms with Crippen molar-refractivity contribution in [2.24, 2.45) is 0 Å². The van der Waals surface area contributed by atoms with Crippen LogP contribution in [0.15, 0.2) is 33.9 Å². The molecule has 2 aromatic rings. The first-order valence-electron chi connectivity index (χ1n) is 11.1. The SMILES string of the molecule is Cc1cc(C)c([Si]2(c3c(C)cc(C)cc3C)C([Si](C)(C)C)=C2[Si](C)(C)C)c(C)c1. The lowest BCUT2D eigenvalue weighted by atomic mass is 10.1. The summed E-state index contributed by atoms with van der Waals surface area (Å²) in [5.41, 5.74) is 8.90. The molecule has 1 heterocycles. The summed E-state index contributed by atoms with van der Waals surface area (Å²) in [5.74, 6) is 0. The molecule has 0 saturated heterocycles. The fourth-order valence-corrected chi connectivity index (χ4v) is 29.5. The molecule has 29 heavy (non-hydrogen) atoms. The van der Waals surface area contributed by atoms with Crippen LogP contribution in [-0.2, 0) is 0 Å². The third-order valence-corrected chi connectivity index (χ3v) is 22.4. The summed E-state index contributed by atoms with van der Waals surface area (Å²) in [5, 5.41) is 3.46. The second-order valence-corrected chi connectivity index (χ2v) is 26.0. The van der Waals surface area contributed by atoms with E-state index in [2.05, 4.69) is 105 Å². The highest BCUT2D eigenvalue weighted by atomic mass is 28.4. The van der Waals surface area contributed by atoms with Gasteiger partial charge in [0.25, 0.3) is 0 Å². The van der Waals surface area contributed by atoms with E-state index < -0.39 is 24.2 Å². The quantitative estimate of drug-likeness (QED) is 0.497. The lowest BCUT2D eigenvalue weighted by Crippen LogP contribution is -2.59. The van der Waals surface area contributed by atoms with Gasteiger partial charge in [0, 0.05) is 0 Å². The summed E-state index contributed by atoms with van der Waals surface area (Å²) >= 11 is 0. The average Bonchev–Trinajstić information content (AvgIpc) is 3.15. The zero-order chi connectivity index (χ0) is 22.1. The Balaban J connectivity index is 2.51. The molecule has 0 unspecified atom stereocenters. The molecule has 0 spiro atoms. The van der Waals surface area contributed by atoms with Crippen LogP contribution in [0.25, 0.3) is 0 Å². The van der Waals surface area contributed by atoms with Gasteiger partial charge in [-0.2, -0.15) is 0 Å². The van der Waals surface area contributed by atoms with Crippen molar-refractivity contribution < 1.29 is 0 Å². The van der Waals surface area contributed by atoms with Gasteiger partial charge >= 0.3 is 0 Å². The summed E-state index contributed by atoms with van der Waals surface area (Å²) in [7, 11) is -4.88. The van der Waals surface area contributed by atoms with E-state index in [0.29, 0.717) is 0 Å². The zero-order valence-electron chi connectivity index (χ0n) is 20.8. The lowest BCUT2D eigenvalue weighted by Gasteiger charge is -2.32. The monoisotopic (exact) mass is 436 g/mol. The van der Waals surface area contributed by atoms with Crippen LogP contribution in [0.1, 0.15) is 33.4 Å². The van der Waals surface area contributed by atoms with E-state index in [1.165, 1.54) is 33.4 Å². The van der Waals surface area contributed by atoms with Gasteiger partial charge in [0.2, 0.25) is 0 Å². The molecule has 156 valence electrons. The molecule has 0 nitrogen and oxygen atoms in total. The zero-order valence-corrected chi connectivity index (χ0v) is 23.8. The third kappa shape index (κ3) is 3.49. The molecule has 3 heteroatoms. The summed E-state index contributed by atoms with van der Waals surface area (Å²) in [6.07, 6.45) is 0. The van der Waals surface area contributed by atoms with Crippen molar-refractivity contribution in [3.8, 4) is 0 Å². The largest absolute Gasteiger partial charge is 0.163 e. The molecule has 0 radical (unpaired) electrons. The molecule has 2 aromatic carbocycles. The first kappa shape index (κ1) is 22.5. The van der Waals surface area contributed by atoms with Crippen LogP contribution in [0.2, 0.25) is 39.3 Å². The van der Waals surface area contributed by atoms with Gasteiger partial charge in [-0.25, -0.2) is 0 Å². The summed E-state index contributed by atoms with van der Waals surface area (Å²) in [4.78, 5) is 3.93. The minimum absolute atomic E-state index is 1.40. The molecule has 0 fully saturated rings. The van der Waals surface area contributed by atoms with Crippen LogP contribution >= 0.6 is 0 Å². The molecule has 0 atom stereocenters. The molecule has 0 saturated carbocycles. The first-order valence-corrected chi connectivity index (χ1v) is 20.1. The van der Waals surface area contributed by atoms with Crippen molar-refractivity contribution in [3.63, 3.8) is 0 Å². The Kier molecular flexibility index (Phi) is 5.38. The van der Waals surface area contributed by atoms with Crippen LogP contribution in [0.5, 0.6) is 0 Å². The summed E-state index contributed by atoms with van der Waals surface area (Å²) < 4.78 is 0. The molecule has 0 aliphatic carbocycles. The summed E-state index contributed by atoms with van der Waals surface area (Å²) in [6.45, 7) is 29.6. The maximum absolute atomic E-state index is 2.59. The Morgan fingerprint density at radius 3 is 0.931 bits per heavy atom. The second kappa shape index (κ2) is 6.93. The molecule has 0 bridgehead atoms. The van der Waals surface area contributed by atoms with Gasteiger partial charge in [0.1, 0.15) is 0 Å². The maximum atomic E-state index is 2.59. The normalized spacial score (nSPS) is 16.4. The van der Waals surface area contributed by atoms with E-state index in [-0.39, 0.29) is 0 Å². The third-order valence-electron chi connectivity index (χ3n) is 6.54. The van der Waals surface area contributed by atoms with Gasteiger partial charge in [-0.05, 0) is 51.9 Å². The van der Waals surface area contributed by atoms with Gasteiger partial charge in [-0.1, -0.05) is 107 Å². The Morgan fingerprint density at radius 2 is 0.724 bits per heavy atom. The summed E-state index contributed by atoms with van der Waals surface area (Å²) in [6, 6.07) is 9.77. The van der Waals surface area contributed by atoms with Crippen molar-refractivity contribution in [1.29, 1.82) is 0 Å². The topological polar surface area (TPSA) is 0 Å². The van der Waals surface area contributed by atoms with E-state index in [4.69, 9.17) is 0 Å². The standard InChI is InChI=1S/C26H40Si3/c1-17-13-19(3)23(20(4)14-17)29(24-21(5)15-18(2)16-22(24)6)25(27(7,8)9)26(29)28(10,11)12/h13-16H,1-12H3.